The van der Waals surface area contributed by atoms with Crippen LogP contribution in [-0.4, -0.2) is 10.5 Å². The molecule has 1 aliphatic carbocycles. The smallest absolute Gasteiger partial charge is 0.103 e. The van der Waals surface area contributed by atoms with Gasteiger partial charge in [-0.15, -0.1) is 11.8 Å². The predicted octanol–water partition coefficient (Wildman–Crippen LogP) is 4.22. The van der Waals surface area contributed by atoms with Gasteiger partial charge in [-0.05, 0) is 36.0 Å². The van der Waals surface area contributed by atoms with Crippen LogP contribution in [0.15, 0.2) is 30.3 Å². The summed E-state index contributed by atoms with van der Waals surface area (Å²) in [5.41, 5.74) is 1.39. The molecule has 0 N–H and O–H groups in total. The van der Waals surface area contributed by atoms with Crippen molar-refractivity contribution in [3.05, 3.63) is 35.9 Å². The Morgan fingerprint density at radius 1 is 1.35 bits per heavy atom. The van der Waals surface area contributed by atoms with Crippen molar-refractivity contribution in [1.29, 1.82) is 5.26 Å². The van der Waals surface area contributed by atoms with E-state index in [0.717, 1.165) is 18.6 Å². The van der Waals surface area contributed by atoms with Gasteiger partial charge in [-0.2, -0.15) is 5.26 Å². The Balaban J connectivity index is 1.93. The van der Waals surface area contributed by atoms with Gasteiger partial charge < -0.3 is 0 Å². The van der Waals surface area contributed by atoms with Gasteiger partial charge in [-0.3, -0.25) is 0 Å². The second-order valence-corrected chi connectivity index (χ2v) is 6.73. The first-order chi connectivity index (χ1) is 8.15. The molecule has 1 fully saturated rings. The van der Waals surface area contributed by atoms with E-state index in [1.165, 1.54) is 5.56 Å². The van der Waals surface area contributed by atoms with Gasteiger partial charge in [0.2, 0.25) is 0 Å². The van der Waals surface area contributed by atoms with Crippen molar-refractivity contribution in [2.45, 2.75) is 37.4 Å². The largest absolute Gasteiger partial charge is 0.197 e. The maximum atomic E-state index is 9.34. The molecule has 90 valence electrons. The Kier molecular flexibility index (Phi) is 3.79. The van der Waals surface area contributed by atoms with E-state index < -0.39 is 0 Å². The Bertz CT molecular complexity index is 399. The van der Waals surface area contributed by atoms with Crippen LogP contribution in [0.5, 0.6) is 0 Å². The summed E-state index contributed by atoms with van der Waals surface area (Å²) in [5.74, 6) is 2.35. The molecule has 0 spiro atoms. The lowest BCUT2D eigenvalue weighted by molar-refractivity contribution is 0.368. The minimum Gasteiger partial charge on any atom is -0.197 e. The highest BCUT2D eigenvalue weighted by atomic mass is 32.2. The average Bonchev–Trinajstić information content (AvgIpc) is 2.29. The fourth-order valence-corrected chi connectivity index (χ4v) is 3.62. The predicted molar refractivity (Wildman–Crippen MR) is 74.1 cm³/mol. The third-order valence-corrected chi connectivity index (χ3v) is 5.13. The normalized spacial score (nSPS) is 27.5. The van der Waals surface area contributed by atoms with Gasteiger partial charge in [0.05, 0.1) is 6.07 Å². The van der Waals surface area contributed by atoms with Gasteiger partial charge in [-0.1, -0.05) is 44.2 Å². The fourth-order valence-electron chi connectivity index (χ4n) is 2.26. The van der Waals surface area contributed by atoms with Crippen LogP contribution >= 0.6 is 11.8 Å². The standard InChI is InChI=1S/C15H19NS/c1-12(2)10-17-15(11-16)8-14(9-15)13-6-4-3-5-7-13/h3-7,12,14H,8-10H2,1-2H3. The molecule has 2 heteroatoms. The number of hydrogen-bond donors (Lipinski definition) is 0. The van der Waals surface area contributed by atoms with Crippen molar-refractivity contribution in [3.8, 4) is 6.07 Å². The van der Waals surface area contributed by atoms with Crippen molar-refractivity contribution < 1.29 is 0 Å². The molecule has 0 saturated heterocycles. The molecule has 17 heavy (non-hydrogen) atoms. The Hall–Kier alpha value is -0.940. The maximum absolute atomic E-state index is 9.34. The molecule has 1 nitrogen and oxygen atoms in total. The highest BCUT2D eigenvalue weighted by Crippen LogP contribution is 2.52. The van der Waals surface area contributed by atoms with E-state index in [-0.39, 0.29) is 4.75 Å². The van der Waals surface area contributed by atoms with E-state index in [4.69, 9.17) is 0 Å². The lowest BCUT2D eigenvalue weighted by Gasteiger charge is -2.42. The minimum atomic E-state index is -0.106. The van der Waals surface area contributed by atoms with Crippen molar-refractivity contribution in [2.75, 3.05) is 5.75 Å². The van der Waals surface area contributed by atoms with Gasteiger partial charge in [-0.25, -0.2) is 0 Å². The van der Waals surface area contributed by atoms with Crippen LogP contribution in [0.4, 0.5) is 0 Å². The molecule has 0 amide bonds. The van der Waals surface area contributed by atoms with Crippen LogP contribution in [-0.2, 0) is 0 Å². The van der Waals surface area contributed by atoms with Gasteiger partial charge in [0.25, 0.3) is 0 Å². The number of rotatable bonds is 4. The zero-order valence-electron chi connectivity index (χ0n) is 10.5. The molecular formula is C15H19NS. The maximum Gasteiger partial charge on any atom is 0.103 e. The van der Waals surface area contributed by atoms with E-state index in [2.05, 4.69) is 44.2 Å². The summed E-state index contributed by atoms with van der Waals surface area (Å²) in [5, 5.41) is 9.34. The molecule has 1 aromatic carbocycles. The SMILES string of the molecule is CC(C)CSC1(C#N)CC(c2ccccc2)C1. The topological polar surface area (TPSA) is 23.8 Å². The highest BCUT2D eigenvalue weighted by Gasteiger charge is 2.45. The summed E-state index contributed by atoms with van der Waals surface area (Å²) in [6, 6.07) is 13.1. The summed E-state index contributed by atoms with van der Waals surface area (Å²) >= 11 is 1.86. The zero-order valence-corrected chi connectivity index (χ0v) is 11.3. The zero-order chi connectivity index (χ0) is 12.3. The first-order valence-corrected chi connectivity index (χ1v) is 7.24. The monoisotopic (exact) mass is 245 g/mol. The molecule has 2 rings (SSSR count). The first kappa shape index (κ1) is 12.5. The molecule has 0 heterocycles. The lowest BCUT2D eigenvalue weighted by atomic mass is 9.71. The van der Waals surface area contributed by atoms with E-state index in [9.17, 15) is 5.26 Å². The van der Waals surface area contributed by atoms with Crippen molar-refractivity contribution in [2.24, 2.45) is 5.92 Å². The van der Waals surface area contributed by atoms with Gasteiger partial charge in [0.15, 0.2) is 0 Å². The second kappa shape index (κ2) is 5.14. The summed E-state index contributed by atoms with van der Waals surface area (Å²) in [6.45, 7) is 4.43. The van der Waals surface area contributed by atoms with Crippen LogP contribution in [0.3, 0.4) is 0 Å². The van der Waals surface area contributed by atoms with Crippen molar-refractivity contribution in [1.82, 2.24) is 0 Å². The van der Waals surface area contributed by atoms with Crippen LogP contribution in [0.2, 0.25) is 0 Å². The quantitative estimate of drug-likeness (QED) is 0.793. The molecule has 0 aromatic heterocycles. The van der Waals surface area contributed by atoms with Crippen molar-refractivity contribution in [3.63, 3.8) is 0 Å². The molecule has 0 atom stereocenters. The fraction of sp³-hybridized carbons (Fsp3) is 0.533. The van der Waals surface area contributed by atoms with E-state index in [1.54, 1.807) is 0 Å². The summed E-state index contributed by atoms with van der Waals surface area (Å²) in [7, 11) is 0. The van der Waals surface area contributed by atoms with Crippen LogP contribution < -0.4 is 0 Å². The molecule has 0 radical (unpaired) electrons. The van der Waals surface area contributed by atoms with Gasteiger partial charge in [0.1, 0.15) is 4.75 Å². The summed E-state index contributed by atoms with van der Waals surface area (Å²) in [4.78, 5) is 0. The van der Waals surface area contributed by atoms with Gasteiger partial charge in [0, 0.05) is 0 Å². The molecule has 1 aliphatic rings. The molecule has 0 bridgehead atoms. The molecule has 1 aromatic rings. The van der Waals surface area contributed by atoms with E-state index >= 15 is 0 Å². The van der Waals surface area contributed by atoms with Gasteiger partial charge >= 0.3 is 0 Å². The lowest BCUT2D eigenvalue weighted by Crippen LogP contribution is -2.38. The minimum absolute atomic E-state index is 0.106. The Labute approximate surface area is 108 Å². The van der Waals surface area contributed by atoms with Crippen molar-refractivity contribution >= 4 is 11.8 Å². The second-order valence-electron chi connectivity index (χ2n) is 5.33. The average molecular weight is 245 g/mol. The summed E-state index contributed by atoms with van der Waals surface area (Å²) in [6.07, 6.45) is 2.04. The van der Waals surface area contributed by atoms with Crippen LogP contribution in [0.1, 0.15) is 38.2 Å². The van der Waals surface area contributed by atoms with E-state index in [1.807, 2.05) is 17.8 Å². The van der Waals surface area contributed by atoms with E-state index in [0.29, 0.717) is 11.8 Å². The summed E-state index contributed by atoms with van der Waals surface area (Å²) < 4.78 is -0.106. The first-order valence-electron chi connectivity index (χ1n) is 6.25. The molecule has 0 aliphatic heterocycles. The number of thioether (sulfide) groups is 1. The number of nitriles is 1. The van der Waals surface area contributed by atoms with Crippen LogP contribution in [0.25, 0.3) is 0 Å². The van der Waals surface area contributed by atoms with Crippen LogP contribution in [0, 0.1) is 17.2 Å². The Morgan fingerprint density at radius 2 is 2.00 bits per heavy atom. The third kappa shape index (κ3) is 2.84. The number of benzene rings is 1. The molecule has 0 unspecified atom stereocenters. The molecular weight excluding hydrogens is 226 g/mol. The third-order valence-electron chi connectivity index (χ3n) is 3.32. The number of hydrogen-bond acceptors (Lipinski definition) is 2. The number of nitrogens with zero attached hydrogens (tertiary/aromatic N) is 1. The highest BCUT2D eigenvalue weighted by molar-refractivity contribution is 8.00. The Morgan fingerprint density at radius 3 is 2.53 bits per heavy atom. The molecule has 1 saturated carbocycles.